The fourth-order valence-corrected chi connectivity index (χ4v) is 1.95. The van der Waals surface area contributed by atoms with E-state index in [2.05, 4.69) is 15.0 Å². The van der Waals surface area contributed by atoms with Crippen LogP contribution in [0.4, 0.5) is 0 Å². The Bertz CT molecular complexity index is 790. The minimum absolute atomic E-state index is 0.120. The van der Waals surface area contributed by atoms with Crippen LogP contribution < -0.4 is 5.56 Å². The third-order valence-corrected chi connectivity index (χ3v) is 2.79. The molecule has 0 amide bonds. The van der Waals surface area contributed by atoms with Gasteiger partial charge in [-0.2, -0.15) is 0 Å². The Kier molecular flexibility index (Phi) is 1.98. The van der Waals surface area contributed by atoms with Crippen LogP contribution in [0.25, 0.3) is 21.9 Å². The van der Waals surface area contributed by atoms with Crippen molar-refractivity contribution in [3.05, 3.63) is 46.0 Å². The first-order valence-corrected chi connectivity index (χ1v) is 5.42. The summed E-state index contributed by atoms with van der Waals surface area (Å²) in [6, 6.07) is 7.36. The summed E-state index contributed by atoms with van der Waals surface area (Å²) >= 11 is 0. The third-order valence-electron chi connectivity index (χ3n) is 2.79. The van der Waals surface area contributed by atoms with Gasteiger partial charge in [0.1, 0.15) is 11.0 Å². The van der Waals surface area contributed by atoms with E-state index in [-0.39, 0.29) is 5.56 Å². The number of fused-ring (bicyclic) bond motifs is 3. The van der Waals surface area contributed by atoms with Crippen LogP contribution in [-0.2, 0) is 0 Å². The summed E-state index contributed by atoms with van der Waals surface area (Å²) in [6.45, 7) is 3.83. The van der Waals surface area contributed by atoms with E-state index in [0.29, 0.717) is 10.9 Å². The number of hydrogen-bond acceptors (Lipinski definition) is 3. The molecule has 0 fully saturated rings. The molecule has 0 saturated carbocycles. The highest BCUT2D eigenvalue weighted by molar-refractivity contribution is 6.00. The monoisotopic (exact) mass is 225 g/mol. The van der Waals surface area contributed by atoms with Crippen molar-refractivity contribution in [3.63, 3.8) is 0 Å². The van der Waals surface area contributed by atoms with E-state index in [1.807, 2.05) is 32.0 Å². The lowest BCUT2D eigenvalue weighted by molar-refractivity contribution is 1.20. The molecule has 4 nitrogen and oxygen atoms in total. The summed E-state index contributed by atoms with van der Waals surface area (Å²) in [4.78, 5) is 23.6. The molecule has 0 aliphatic carbocycles. The van der Waals surface area contributed by atoms with Gasteiger partial charge in [-0.3, -0.25) is 9.78 Å². The number of aromatic amines is 1. The molecule has 4 heteroatoms. The van der Waals surface area contributed by atoms with Gasteiger partial charge in [0, 0.05) is 11.4 Å². The van der Waals surface area contributed by atoms with Crippen LogP contribution in [0, 0.1) is 13.8 Å². The zero-order chi connectivity index (χ0) is 12.0. The van der Waals surface area contributed by atoms with Crippen molar-refractivity contribution < 1.29 is 0 Å². The second-order valence-electron chi connectivity index (χ2n) is 4.15. The molecule has 0 aromatic carbocycles. The number of H-pyrrole nitrogens is 1. The first-order valence-electron chi connectivity index (χ1n) is 5.42. The van der Waals surface area contributed by atoms with Gasteiger partial charge in [-0.05, 0) is 38.1 Å². The third kappa shape index (κ3) is 1.49. The first kappa shape index (κ1) is 9.96. The van der Waals surface area contributed by atoms with Crippen molar-refractivity contribution in [1.82, 2.24) is 15.0 Å². The fraction of sp³-hybridized carbons (Fsp3) is 0.154. The van der Waals surface area contributed by atoms with Gasteiger partial charge in [0.05, 0.1) is 10.9 Å². The van der Waals surface area contributed by atoms with Crippen molar-refractivity contribution in [3.8, 4) is 0 Å². The fourth-order valence-electron chi connectivity index (χ4n) is 1.95. The number of hydrogen-bond donors (Lipinski definition) is 1. The van der Waals surface area contributed by atoms with Gasteiger partial charge >= 0.3 is 0 Å². The Balaban J connectivity index is 2.64. The Labute approximate surface area is 97.3 Å². The van der Waals surface area contributed by atoms with Crippen molar-refractivity contribution in [2.24, 2.45) is 0 Å². The quantitative estimate of drug-likeness (QED) is 0.596. The Morgan fingerprint density at radius 3 is 2.35 bits per heavy atom. The van der Waals surface area contributed by atoms with E-state index >= 15 is 0 Å². The van der Waals surface area contributed by atoms with E-state index in [0.717, 1.165) is 22.4 Å². The van der Waals surface area contributed by atoms with Crippen molar-refractivity contribution in [2.75, 3.05) is 0 Å². The summed E-state index contributed by atoms with van der Waals surface area (Å²) < 4.78 is 0. The van der Waals surface area contributed by atoms with Gasteiger partial charge < -0.3 is 4.98 Å². The molecule has 0 atom stereocenters. The van der Waals surface area contributed by atoms with E-state index in [9.17, 15) is 4.79 Å². The highest BCUT2D eigenvalue weighted by atomic mass is 16.1. The SMILES string of the molecule is Cc1ccc2[nH]c(=O)c3ccc(C)nc3c2n1. The predicted molar refractivity (Wildman–Crippen MR) is 67.1 cm³/mol. The molecule has 17 heavy (non-hydrogen) atoms. The molecule has 3 aromatic heterocycles. The second-order valence-corrected chi connectivity index (χ2v) is 4.15. The molecule has 84 valence electrons. The molecule has 0 spiro atoms. The van der Waals surface area contributed by atoms with Crippen molar-refractivity contribution in [2.45, 2.75) is 13.8 Å². The molecule has 0 bridgehead atoms. The number of nitrogens with zero attached hydrogens (tertiary/aromatic N) is 2. The zero-order valence-electron chi connectivity index (χ0n) is 9.61. The van der Waals surface area contributed by atoms with Crippen LogP contribution in [0.15, 0.2) is 29.1 Å². The highest BCUT2D eigenvalue weighted by Gasteiger charge is 2.07. The summed E-state index contributed by atoms with van der Waals surface area (Å²) in [5.41, 5.74) is 3.83. The predicted octanol–water partition coefficient (Wildman–Crippen LogP) is 2.09. The number of aryl methyl sites for hydroxylation is 2. The zero-order valence-corrected chi connectivity index (χ0v) is 9.61. The lowest BCUT2D eigenvalue weighted by Gasteiger charge is -2.03. The number of pyridine rings is 3. The molecular formula is C13H11N3O. The van der Waals surface area contributed by atoms with Crippen molar-refractivity contribution >= 4 is 21.9 Å². The van der Waals surface area contributed by atoms with Crippen LogP contribution in [0.1, 0.15) is 11.4 Å². The average molecular weight is 225 g/mol. The number of rotatable bonds is 0. The molecule has 0 aliphatic rings. The van der Waals surface area contributed by atoms with Crippen LogP contribution >= 0.6 is 0 Å². The summed E-state index contributed by atoms with van der Waals surface area (Å²) in [5, 5.41) is 0.584. The van der Waals surface area contributed by atoms with Crippen LogP contribution in [-0.4, -0.2) is 15.0 Å². The van der Waals surface area contributed by atoms with Crippen LogP contribution in [0.2, 0.25) is 0 Å². The van der Waals surface area contributed by atoms with Gasteiger partial charge in [-0.25, -0.2) is 4.98 Å². The van der Waals surface area contributed by atoms with Crippen LogP contribution in [0.3, 0.4) is 0 Å². The molecule has 0 unspecified atom stereocenters. The summed E-state index contributed by atoms with van der Waals surface area (Å²) in [5.74, 6) is 0. The lowest BCUT2D eigenvalue weighted by Crippen LogP contribution is -2.08. The maximum atomic E-state index is 11.9. The minimum Gasteiger partial charge on any atom is -0.320 e. The summed E-state index contributed by atoms with van der Waals surface area (Å²) in [7, 11) is 0. The lowest BCUT2D eigenvalue weighted by atomic mass is 10.2. The van der Waals surface area contributed by atoms with Gasteiger partial charge in [-0.15, -0.1) is 0 Å². The topological polar surface area (TPSA) is 58.6 Å². The number of nitrogens with one attached hydrogen (secondary N) is 1. The Morgan fingerprint density at radius 2 is 1.59 bits per heavy atom. The summed E-state index contributed by atoms with van der Waals surface area (Å²) in [6.07, 6.45) is 0. The molecule has 3 aromatic rings. The van der Waals surface area contributed by atoms with Gasteiger partial charge in [0.2, 0.25) is 0 Å². The maximum absolute atomic E-state index is 11.9. The normalized spacial score (nSPS) is 11.2. The maximum Gasteiger partial charge on any atom is 0.257 e. The smallest absolute Gasteiger partial charge is 0.257 e. The minimum atomic E-state index is -0.120. The van der Waals surface area contributed by atoms with Gasteiger partial charge in [0.25, 0.3) is 5.56 Å². The number of aromatic nitrogens is 3. The highest BCUT2D eigenvalue weighted by Crippen LogP contribution is 2.17. The first-order chi connectivity index (χ1) is 8.15. The molecular weight excluding hydrogens is 214 g/mol. The van der Waals surface area contributed by atoms with Gasteiger partial charge in [-0.1, -0.05) is 0 Å². The van der Waals surface area contributed by atoms with E-state index < -0.39 is 0 Å². The standard InChI is InChI=1S/C13H11N3O/c1-7-3-5-9-11(14-7)12-10(16-13(9)17)6-4-8(2)15-12/h3-6H,1-2H3,(H,16,17). The molecule has 3 rings (SSSR count). The Morgan fingerprint density at radius 1 is 0.941 bits per heavy atom. The van der Waals surface area contributed by atoms with E-state index in [1.165, 1.54) is 0 Å². The molecule has 0 aliphatic heterocycles. The van der Waals surface area contributed by atoms with Crippen molar-refractivity contribution in [1.29, 1.82) is 0 Å². The van der Waals surface area contributed by atoms with E-state index in [1.54, 1.807) is 6.07 Å². The second kappa shape index (κ2) is 3.38. The molecule has 0 saturated heterocycles. The molecule has 0 radical (unpaired) electrons. The Hall–Kier alpha value is -2.23. The average Bonchev–Trinajstić information content (AvgIpc) is 2.30. The molecule has 3 heterocycles. The van der Waals surface area contributed by atoms with Gasteiger partial charge in [0.15, 0.2) is 0 Å². The van der Waals surface area contributed by atoms with E-state index in [4.69, 9.17) is 0 Å². The molecule has 1 N–H and O–H groups in total. The van der Waals surface area contributed by atoms with Crippen LogP contribution in [0.5, 0.6) is 0 Å². The largest absolute Gasteiger partial charge is 0.320 e.